The van der Waals surface area contributed by atoms with Crippen LogP contribution in [-0.2, 0) is 13.0 Å². The maximum Gasteiger partial charge on any atom is 0.264 e. The summed E-state index contributed by atoms with van der Waals surface area (Å²) in [4.78, 5) is 27.6. The van der Waals surface area contributed by atoms with E-state index in [2.05, 4.69) is 15.2 Å². The van der Waals surface area contributed by atoms with Gasteiger partial charge in [-0.1, -0.05) is 18.2 Å². The molecule has 2 heterocycles. The Balaban J connectivity index is 1.60. The molecule has 8 heteroatoms. The van der Waals surface area contributed by atoms with E-state index in [0.717, 1.165) is 23.0 Å². The number of ether oxygens (including phenoxy) is 2. The highest BCUT2D eigenvalue weighted by atomic mass is 16.5. The lowest BCUT2D eigenvalue weighted by Crippen LogP contribution is -2.13. The molecule has 32 heavy (non-hydrogen) atoms. The van der Waals surface area contributed by atoms with Crippen molar-refractivity contribution in [2.45, 2.75) is 13.0 Å². The number of carbonyl (C=O) groups excluding carboxylic acids is 1. The summed E-state index contributed by atoms with van der Waals surface area (Å²) in [5.41, 5.74) is 9.83. The molecule has 162 valence electrons. The van der Waals surface area contributed by atoms with Crippen LogP contribution in [0.1, 0.15) is 21.5 Å². The zero-order valence-electron chi connectivity index (χ0n) is 17.5. The van der Waals surface area contributed by atoms with Crippen LogP contribution >= 0.6 is 0 Å². The summed E-state index contributed by atoms with van der Waals surface area (Å²) in [7, 11) is 1.50. The molecule has 0 fully saturated rings. The van der Waals surface area contributed by atoms with Gasteiger partial charge in [0, 0.05) is 42.2 Å². The molecule has 3 N–H and O–H groups in total. The first-order chi connectivity index (χ1) is 15.6. The van der Waals surface area contributed by atoms with Crippen molar-refractivity contribution in [3.63, 3.8) is 0 Å². The van der Waals surface area contributed by atoms with Crippen LogP contribution < -0.4 is 20.8 Å². The molecule has 0 bridgehead atoms. The second-order valence-electron chi connectivity index (χ2n) is 7.15. The smallest absolute Gasteiger partial charge is 0.264 e. The van der Waals surface area contributed by atoms with Crippen LogP contribution in [0.5, 0.6) is 11.5 Å². The van der Waals surface area contributed by atoms with Crippen molar-refractivity contribution in [3.05, 3.63) is 81.8 Å². The van der Waals surface area contributed by atoms with Crippen molar-refractivity contribution >= 4 is 17.2 Å². The fourth-order valence-corrected chi connectivity index (χ4v) is 3.56. The Bertz CT molecular complexity index is 1330. The van der Waals surface area contributed by atoms with E-state index >= 15 is 0 Å². The van der Waals surface area contributed by atoms with Crippen molar-refractivity contribution in [2.75, 3.05) is 13.7 Å². The molecule has 0 aliphatic carbocycles. The van der Waals surface area contributed by atoms with Gasteiger partial charge < -0.3 is 15.2 Å². The van der Waals surface area contributed by atoms with Crippen molar-refractivity contribution in [1.82, 2.24) is 15.2 Å². The molecule has 0 atom stereocenters. The zero-order valence-corrected chi connectivity index (χ0v) is 17.5. The molecular formula is C24H22N4O4. The van der Waals surface area contributed by atoms with Crippen LogP contribution in [0, 0.1) is 0 Å². The number of carbonyl (C=O) groups is 1. The average molecular weight is 430 g/mol. The standard InChI is InChI=1S/C24H22N4O4/c1-31-22-12-20-19(10-18(22)14-29)21(5-7-26-20)32-8-6-17-11-23(30)27-28-24(17)16-4-2-3-15(9-16)13-25/h2-5,7,9-12,14H,6,8,13,25H2,1H3,(H,27,30). The molecule has 0 aliphatic rings. The van der Waals surface area contributed by atoms with E-state index in [1.165, 1.54) is 13.2 Å². The maximum absolute atomic E-state index is 11.9. The van der Waals surface area contributed by atoms with E-state index in [1.54, 1.807) is 24.4 Å². The second kappa shape index (κ2) is 9.40. The molecule has 4 rings (SSSR count). The number of aromatic amines is 1. The number of hydrogen-bond donors (Lipinski definition) is 2. The monoisotopic (exact) mass is 430 g/mol. The van der Waals surface area contributed by atoms with Crippen LogP contribution in [0.4, 0.5) is 0 Å². The van der Waals surface area contributed by atoms with E-state index in [4.69, 9.17) is 15.2 Å². The van der Waals surface area contributed by atoms with E-state index in [0.29, 0.717) is 53.2 Å². The molecule has 2 aromatic carbocycles. The summed E-state index contributed by atoms with van der Waals surface area (Å²) in [6.45, 7) is 0.717. The third-order valence-electron chi connectivity index (χ3n) is 5.13. The van der Waals surface area contributed by atoms with Gasteiger partial charge in [-0.15, -0.1) is 0 Å². The van der Waals surface area contributed by atoms with Gasteiger partial charge in [-0.2, -0.15) is 5.10 Å². The first-order valence-corrected chi connectivity index (χ1v) is 10.1. The number of nitrogens with two attached hydrogens (primary N) is 1. The lowest BCUT2D eigenvalue weighted by atomic mass is 10.0. The topological polar surface area (TPSA) is 120 Å². The fourth-order valence-electron chi connectivity index (χ4n) is 3.56. The molecule has 0 amide bonds. The molecule has 0 saturated heterocycles. The molecular weight excluding hydrogens is 408 g/mol. The minimum atomic E-state index is -0.282. The summed E-state index contributed by atoms with van der Waals surface area (Å²) >= 11 is 0. The first-order valence-electron chi connectivity index (χ1n) is 10.1. The summed E-state index contributed by atoms with van der Waals surface area (Å²) in [5, 5.41) is 7.45. The van der Waals surface area contributed by atoms with Gasteiger partial charge in [-0.05, 0) is 29.3 Å². The number of hydrogen-bond acceptors (Lipinski definition) is 7. The van der Waals surface area contributed by atoms with Gasteiger partial charge >= 0.3 is 0 Å². The molecule has 0 saturated carbocycles. The highest BCUT2D eigenvalue weighted by molar-refractivity contribution is 5.93. The fraction of sp³-hybridized carbons (Fsp3) is 0.167. The molecule has 2 aromatic heterocycles. The number of nitrogens with zero attached hydrogens (tertiary/aromatic N) is 2. The third-order valence-corrected chi connectivity index (χ3v) is 5.13. The highest BCUT2D eigenvalue weighted by Crippen LogP contribution is 2.30. The predicted molar refractivity (Wildman–Crippen MR) is 121 cm³/mol. The van der Waals surface area contributed by atoms with Gasteiger partial charge in [0.2, 0.25) is 0 Å². The molecule has 8 nitrogen and oxygen atoms in total. The third kappa shape index (κ3) is 4.35. The van der Waals surface area contributed by atoms with E-state index in [1.807, 2.05) is 24.3 Å². The summed E-state index contributed by atoms with van der Waals surface area (Å²) in [6.07, 6.45) is 2.83. The summed E-state index contributed by atoms with van der Waals surface area (Å²) < 4.78 is 11.3. The van der Waals surface area contributed by atoms with Crippen LogP contribution in [-0.4, -0.2) is 35.2 Å². The van der Waals surface area contributed by atoms with Gasteiger partial charge in [-0.25, -0.2) is 5.10 Å². The minimum absolute atomic E-state index is 0.282. The number of aldehydes is 1. The lowest BCUT2D eigenvalue weighted by Gasteiger charge is -2.12. The Kier molecular flexibility index (Phi) is 6.23. The predicted octanol–water partition coefficient (Wildman–Crippen LogP) is 2.89. The normalized spacial score (nSPS) is 10.8. The molecule has 0 aliphatic heterocycles. The van der Waals surface area contributed by atoms with E-state index in [-0.39, 0.29) is 5.56 Å². The van der Waals surface area contributed by atoms with Gasteiger partial charge in [-0.3, -0.25) is 14.6 Å². The Morgan fingerprint density at radius 3 is 2.78 bits per heavy atom. The Morgan fingerprint density at radius 2 is 2.00 bits per heavy atom. The molecule has 0 unspecified atom stereocenters. The van der Waals surface area contributed by atoms with Crippen LogP contribution in [0.2, 0.25) is 0 Å². The Labute approximate surface area is 184 Å². The molecule has 4 aromatic rings. The highest BCUT2D eigenvalue weighted by Gasteiger charge is 2.12. The van der Waals surface area contributed by atoms with E-state index < -0.39 is 0 Å². The largest absolute Gasteiger partial charge is 0.496 e. The number of benzene rings is 2. The number of pyridine rings is 1. The van der Waals surface area contributed by atoms with Gasteiger partial charge in [0.05, 0.1) is 30.5 Å². The van der Waals surface area contributed by atoms with Gasteiger partial charge in [0.25, 0.3) is 5.56 Å². The first kappa shape index (κ1) is 21.2. The van der Waals surface area contributed by atoms with Crippen LogP contribution in [0.25, 0.3) is 22.2 Å². The quantitative estimate of drug-likeness (QED) is 0.412. The minimum Gasteiger partial charge on any atom is -0.496 e. The zero-order chi connectivity index (χ0) is 22.5. The number of fused-ring (bicyclic) bond motifs is 1. The number of aromatic nitrogens is 3. The van der Waals surface area contributed by atoms with Gasteiger partial charge in [0.1, 0.15) is 11.5 Å². The van der Waals surface area contributed by atoms with Crippen molar-refractivity contribution in [2.24, 2.45) is 5.73 Å². The van der Waals surface area contributed by atoms with Crippen LogP contribution in [0.15, 0.2) is 59.5 Å². The Morgan fingerprint density at radius 1 is 1.12 bits per heavy atom. The summed E-state index contributed by atoms with van der Waals surface area (Å²) in [5.74, 6) is 1.04. The van der Waals surface area contributed by atoms with Crippen molar-refractivity contribution in [3.8, 4) is 22.8 Å². The number of methoxy groups -OCH3 is 1. The van der Waals surface area contributed by atoms with Crippen LogP contribution in [0.3, 0.4) is 0 Å². The second-order valence-corrected chi connectivity index (χ2v) is 7.15. The summed E-state index contributed by atoms with van der Waals surface area (Å²) in [6, 6.07) is 14.4. The molecule has 0 spiro atoms. The van der Waals surface area contributed by atoms with Crippen molar-refractivity contribution in [1.29, 1.82) is 0 Å². The number of nitrogens with one attached hydrogen (secondary N) is 1. The van der Waals surface area contributed by atoms with Gasteiger partial charge in [0.15, 0.2) is 6.29 Å². The van der Waals surface area contributed by atoms with E-state index in [9.17, 15) is 9.59 Å². The Hall–Kier alpha value is -4.04. The molecule has 0 radical (unpaired) electrons. The maximum atomic E-state index is 11.9. The SMILES string of the molecule is COc1cc2nccc(OCCc3cc(=O)[nH]nc3-c3cccc(CN)c3)c2cc1C=O. The average Bonchev–Trinajstić information content (AvgIpc) is 2.83. The number of rotatable bonds is 8. The van der Waals surface area contributed by atoms with Crippen molar-refractivity contribution < 1.29 is 14.3 Å². The number of H-pyrrole nitrogens is 1. The lowest BCUT2D eigenvalue weighted by molar-refractivity contribution is 0.112.